The van der Waals surface area contributed by atoms with E-state index in [4.69, 9.17) is 5.11 Å². The lowest BCUT2D eigenvalue weighted by Gasteiger charge is -1.99. The number of hydrogen-bond acceptors (Lipinski definition) is 3. The second-order valence-electron chi connectivity index (χ2n) is 1.31. The van der Waals surface area contributed by atoms with Crippen molar-refractivity contribution in [1.29, 1.82) is 0 Å². The van der Waals surface area contributed by atoms with Crippen molar-refractivity contribution in [3.05, 3.63) is 0 Å². The van der Waals surface area contributed by atoms with Crippen molar-refractivity contribution in [2.24, 2.45) is 0 Å². The molecule has 0 saturated carbocycles. The van der Waals surface area contributed by atoms with Crippen molar-refractivity contribution in [1.82, 2.24) is 0 Å². The number of thiol groups is 1. The van der Waals surface area contributed by atoms with Crippen LogP contribution in [0.2, 0.25) is 0 Å². The van der Waals surface area contributed by atoms with Gasteiger partial charge in [-0.3, -0.25) is 4.79 Å². The van der Waals surface area contributed by atoms with E-state index in [1.54, 1.807) is 0 Å². The molecular weight excluding hydrogens is 144 g/mol. The van der Waals surface area contributed by atoms with E-state index >= 15 is 0 Å². The number of thioether (sulfide) groups is 1. The minimum absolute atomic E-state index is 0.509. The van der Waals surface area contributed by atoms with Crippen molar-refractivity contribution in [2.75, 3.05) is 12.0 Å². The summed E-state index contributed by atoms with van der Waals surface area (Å²) >= 11 is 5.27. The Bertz CT molecular complexity index is 84.1. The summed E-state index contributed by atoms with van der Waals surface area (Å²) in [4.78, 5) is 10.00. The maximum absolute atomic E-state index is 10.00. The number of rotatable bonds is 3. The fourth-order valence-corrected chi connectivity index (χ4v) is 1.13. The highest BCUT2D eigenvalue weighted by molar-refractivity contribution is 7.99. The van der Waals surface area contributed by atoms with Gasteiger partial charge in [0.05, 0.1) is 0 Å². The molecule has 0 aliphatic carbocycles. The molecule has 1 N–H and O–H groups in total. The minimum atomic E-state index is -0.845. The largest absolute Gasteiger partial charge is 0.480 e. The Balaban J connectivity index is 3.32. The zero-order chi connectivity index (χ0) is 6.57. The molecule has 0 aliphatic rings. The highest BCUT2D eigenvalue weighted by atomic mass is 32.2. The standard InChI is InChI=1S/C4H8O2S2/c1-8-2-3(7)4(5)6/h3,7H,2H2,1H3,(H,5,6). The molecule has 8 heavy (non-hydrogen) atoms. The van der Waals surface area contributed by atoms with Gasteiger partial charge in [0.25, 0.3) is 0 Å². The van der Waals surface area contributed by atoms with Crippen molar-refractivity contribution in [3.63, 3.8) is 0 Å². The highest BCUT2D eigenvalue weighted by Gasteiger charge is 2.08. The van der Waals surface area contributed by atoms with Gasteiger partial charge in [-0.25, -0.2) is 0 Å². The summed E-state index contributed by atoms with van der Waals surface area (Å²) in [5.41, 5.74) is 0. The van der Waals surface area contributed by atoms with Crippen molar-refractivity contribution in [2.45, 2.75) is 5.25 Å². The molecular formula is C4H8O2S2. The Morgan fingerprint density at radius 1 is 2.00 bits per heavy atom. The topological polar surface area (TPSA) is 37.3 Å². The van der Waals surface area contributed by atoms with Crippen LogP contribution in [0.15, 0.2) is 0 Å². The average Bonchev–Trinajstić information content (AvgIpc) is 1.67. The summed E-state index contributed by atoms with van der Waals surface area (Å²) in [5, 5.41) is 7.71. The Hall–Kier alpha value is 0.170. The molecule has 1 atom stereocenters. The normalized spacial score (nSPS) is 13.2. The van der Waals surface area contributed by atoms with Crippen LogP contribution >= 0.6 is 24.4 Å². The third-order valence-corrected chi connectivity index (χ3v) is 1.93. The Labute approximate surface area is 58.1 Å². The first-order chi connectivity index (χ1) is 3.68. The lowest BCUT2D eigenvalue weighted by molar-refractivity contribution is -0.135. The summed E-state index contributed by atoms with van der Waals surface area (Å²) in [7, 11) is 0. The molecule has 0 aliphatic heterocycles. The van der Waals surface area contributed by atoms with Crippen molar-refractivity contribution in [3.8, 4) is 0 Å². The molecule has 0 aromatic carbocycles. The van der Waals surface area contributed by atoms with Gasteiger partial charge in [0, 0.05) is 5.75 Å². The molecule has 48 valence electrons. The fraction of sp³-hybridized carbons (Fsp3) is 0.750. The lowest BCUT2D eigenvalue weighted by atomic mass is 10.5. The van der Waals surface area contributed by atoms with Crippen LogP contribution in [0.4, 0.5) is 0 Å². The Kier molecular flexibility index (Phi) is 4.18. The number of carbonyl (C=O) groups is 1. The van der Waals surface area contributed by atoms with Gasteiger partial charge in [-0.15, -0.1) is 0 Å². The summed E-state index contributed by atoms with van der Waals surface area (Å²) < 4.78 is 0. The summed E-state index contributed by atoms with van der Waals surface area (Å²) in [6.45, 7) is 0. The van der Waals surface area contributed by atoms with E-state index < -0.39 is 11.2 Å². The molecule has 0 saturated heterocycles. The molecule has 0 amide bonds. The second kappa shape index (κ2) is 4.09. The van der Waals surface area contributed by atoms with Gasteiger partial charge in [0.15, 0.2) is 0 Å². The summed E-state index contributed by atoms with van der Waals surface area (Å²) in [6, 6.07) is 0. The van der Waals surface area contributed by atoms with E-state index in [0.29, 0.717) is 5.75 Å². The van der Waals surface area contributed by atoms with E-state index in [0.717, 1.165) is 0 Å². The molecule has 0 fully saturated rings. The monoisotopic (exact) mass is 152 g/mol. The van der Waals surface area contributed by atoms with Gasteiger partial charge in [0.1, 0.15) is 5.25 Å². The first-order valence-electron chi connectivity index (χ1n) is 2.08. The Morgan fingerprint density at radius 2 is 2.50 bits per heavy atom. The van der Waals surface area contributed by atoms with Crippen LogP contribution in [0, 0.1) is 0 Å². The van der Waals surface area contributed by atoms with Crippen LogP contribution in [-0.2, 0) is 4.79 Å². The van der Waals surface area contributed by atoms with E-state index in [1.807, 2.05) is 6.26 Å². The van der Waals surface area contributed by atoms with Crippen LogP contribution in [0.1, 0.15) is 0 Å². The van der Waals surface area contributed by atoms with Gasteiger partial charge in [-0.1, -0.05) is 0 Å². The van der Waals surface area contributed by atoms with Gasteiger partial charge in [0.2, 0.25) is 0 Å². The molecule has 0 bridgehead atoms. The molecule has 0 rings (SSSR count). The quantitative estimate of drug-likeness (QED) is 0.585. The molecule has 0 aromatic rings. The number of carboxylic acid groups (broad SMARTS) is 1. The van der Waals surface area contributed by atoms with Crippen LogP contribution in [0.25, 0.3) is 0 Å². The van der Waals surface area contributed by atoms with Gasteiger partial charge < -0.3 is 5.11 Å². The molecule has 4 heteroatoms. The predicted molar refractivity (Wildman–Crippen MR) is 38.8 cm³/mol. The summed E-state index contributed by atoms with van der Waals surface area (Å²) in [6.07, 6.45) is 1.85. The van der Waals surface area contributed by atoms with Crippen molar-refractivity contribution >= 4 is 30.4 Å². The van der Waals surface area contributed by atoms with Gasteiger partial charge in [-0.05, 0) is 6.26 Å². The van der Waals surface area contributed by atoms with E-state index in [1.165, 1.54) is 11.8 Å². The zero-order valence-corrected chi connectivity index (χ0v) is 6.21. The van der Waals surface area contributed by atoms with Crippen molar-refractivity contribution < 1.29 is 9.90 Å². The number of carboxylic acids is 1. The Morgan fingerprint density at radius 3 is 2.62 bits per heavy atom. The van der Waals surface area contributed by atoms with Gasteiger partial charge in [-0.2, -0.15) is 24.4 Å². The first-order valence-corrected chi connectivity index (χ1v) is 3.99. The highest BCUT2D eigenvalue weighted by Crippen LogP contribution is 2.02. The van der Waals surface area contributed by atoms with Crippen LogP contribution in [0.3, 0.4) is 0 Å². The van der Waals surface area contributed by atoms with Gasteiger partial charge >= 0.3 is 5.97 Å². The van der Waals surface area contributed by atoms with E-state index in [9.17, 15) is 4.79 Å². The number of aliphatic carboxylic acids is 1. The molecule has 1 unspecified atom stereocenters. The lowest BCUT2D eigenvalue weighted by Crippen LogP contribution is -2.15. The predicted octanol–water partition coefficient (Wildman–Crippen LogP) is 0.732. The third-order valence-electron chi connectivity index (χ3n) is 0.610. The van der Waals surface area contributed by atoms with Crippen LogP contribution < -0.4 is 0 Å². The average molecular weight is 152 g/mol. The zero-order valence-electron chi connectivity index (χ0n) is 4.50. The molecule has 0 spiro atoms. The molecule has 0 radical (unpaired) electrons. The van der Waals surface area contributed by atoms with E-state index in [2.05, 4.69) is 12.6 Å². The SMILES string of the molecule is CSCC(S)C(=O)O. The molecule has 2 nitrogen and oxygen atoms in total. The smallest absolute Gasteiger partial charge is 0.317 e. The van der Waals surface area contributed by atoms with E-state index in [-0.39, 0.29) is 0 Å². The van der Waals surface area contributed by atoms with Crippen LogP contribution in [0.5, 0.6) is 0 Å². The third kappa shape index (κ3) is 3.21. The second-order valence-corrected chi connectivity index (χ2v) is 2.84. The minimum Gasteiger partial charge on any atom is -0.480 e. The maximum atomic E-state index is 10.00. The molecule has 0 aromatic heterocycles. The first kappa shape index (κ1) is 8.17. The fourth-order valence-electron chi connectivity index (χ4n) is 0.229. The maximum Gasteiger partial charge on any atom is 0.317 e. The number of hydrogen-bond donors (Lipinski definition) is 2. The van der Waals surface area contributed by atoms with Crippen LogP contribution in [-0.4, -0.2) is 28.3 Å². The molecule has 0 heterocycles. The summed E-state index contributed by atoms with van der Waals surface area (Å²) in [5.74, 6) is -0.277.